The molecule has 0 spiro atoms. The standard InChI is InChI=1S/C20H17ClFNO2S/c1-15-5-11-20(12-6-15)26(24,25)23(19-4-2-3-17(21)13-19)14-16-7-9-18(22)10-8-16/h2-13H,14H2,1H3. The van der Waals surface area contributed by atoms with Crippen molar-refractivity contribution in [3.8, 4) is 0 Å². The van der Waals surface area contributed by atoms with Crippen LogP contribution in [0.4, 0.5) is 10.1 Å². The molecule has 0 heterocycles. The molecule has 0 aromatic heterocycles. The summed E-state index contributed by atoms with van der Waals surface area (Å²) in [6.45, 7) is 1.96. The van der Waals surface area contributed by atoms with Crippen LogP contribution in [0.3, 0.4) is 0 Å². The molecule has 0 unspecified atom stereocenters. The summed E-state index contributed by atoms with van der Waals surface area (Å²) < 4.78 is 40.9. The van der Waals surface area contributed by atoms with E-state index in [2.05, 4.69) is 0 Å². The number of aryl methyl sites for hydroxylation is 1. The van der Waals surface area contributed by atoms with Crippen molar-refractivity contribution in [2.24, 2.45) is 0 Å². The van der Waals surface area contributed by atoms with Gasteiger partial charge in [0.25, 0.3) is 10.0 Å². The Morgan fingerprint density at radius 2 is 1.62 bits per heavy atom. The van der Waals surface area contributed by atoms with E-state index in [0.717, 1.165) is 5.56 Å². The van der Waals surface area contributed by atoms with Gasteiger partial charge in [0.2, 0.25) is 0 Å². The predicted molar refractivity (Wildman–Crippen MR) is 102 cm³/mol. The summed E-state index contributed by atoms with van der Waals surface area (Å²) in [5, 5.41) is 0.436. The minimum Gasteiger partial charge on any atom is -0.262 e. The molecule has 0 N–H and O–H groups in total. The predicted octanol–water partition coefficient (Wildman–Crippen LogP) is 5.18. The van der Waals surface area contributed by atoms with Gasteiger partial charge in [-0.15, -0.1) is 0 Å². The van der Waals surface area contributed by atoms with Crippen LogP contribution in [0, 0.1) is 12.7 Å². The third-order valence-corrected chi connectivity index (χ3v) is 5.97. The third kappa shape index (κ3) is 4.06. The van der Waals surface area contributed by atoms with Gasteiger partial charge in [-0.3, -0.25) is 4.31 Å². The summed E-state index contributed by atoms with van der Waals surface area (Å²) in [6, 6.07) is 19.1. The van der Waals surface area contributed by atoms with Crippen LogP contribution in [0.15, 0.2) is 77.7 Å². The highest BCUT2D eigenvalue weighted by Gasteiger charge is 2.25. The average Bonchev–Trinajstić information content (AvgIpc) is 2.61. The largest absolute Gasteiger partial charge is 0.264 e. The average molecular weight is 390 g/mol. The number of hydrogen-bond donors (Lipinski definition) is 0. The molecule has 26 heavy (non-hydrogen) atoms. The highest BCUT2D eigenvalue weighted by Crippen LogP contribution is 2.28. The first-order valence-corrected chi connectivity index (χ1v) is 9.77. The minimum absolute atomic E-state index is 0.0663. The maximum Gasteiger partial charge on any atom is 0.264 e. The first kappa shape index (κ1) is 18.4. The monoisotopic (exact) mass is 389 g/mol. The zero-order chi connectivity index (χ0) is 18.7. The van der Waals surface area contributed by atoms with E-state index in [0.29, 0.717) is 16.3 Å². The minimum atomic E-state index is -3.82. The van der Waals surface area contributed by atoms with Crippen molar-refractivity contribution in [2.45, 2.75) is 18.4 Å². The molecule has 0 amide bonds. The molecule has 0 saturated heterocycles. The molecule has 6 heteroatoms. The van der Waals surface area contributed by atoms with Crippen molar-refractivity contribution in [1.29, 1.82) is 0 Å². The molecule has 3 aromatic rings. The van der Waals surface area contributed by atoms with E-state index in [4.69, 9.17) is 11.6 Å². The topological polar surface area (TPSA) is 37.4 Å². The molecule has 134 valence electrons. The molecular formula is C20H17ClFNO2S. The Morgan fingerprint density at radius 1 is 0.962 bits per heavy atom. The second-order valence-electron chi connectivity index (χ2n) is 5.93. The van der Waals surface area contributed by atoms with Crippen LogP contribution in [0.2, 0.25) is 5.02 Å². The summed E-state index contributed by atoms with van der Waals surface area (Å²) in [7, 11) is -3.82. The molecule has 0 aliphatic rings. The molecule has 3 rings (SSSR count). The van der Waals surface area contributed by atoms with E-state index in [-0.39, 0.29) is 17.3 Å². The molecule has 0 atom stereocenters. The van der Waals surface area contributed by atoms with Gasteiger partial charge >= 0.3 is 0 Å². The van der Waals surface area contributed by atoms with Crippen LogP contribution in [-0.2, 0) is 16.6 Å². The number of sulfonamides is 1. The molecule has 3 nitrogen and oxygen atoms in total. The van der Waals surface area contributed by atoms with Crippen molar-refractivity contribution < 1.29 is 12.8 Å². The Balaban J connectivity index is 2.07. The quantitative estimate of drug-likeness (QED) is 0.602. The van der Waals surface area contributed by atoms with Crippen molar-refractivity contribution in [2.75, 3.05) is 4.31 Å². The maximum atomic E-state index is 13.2. The molecule has 0 saturated carbocycles. The molecule has 0 fully saturated rings. The van der Waals surface area contributed by atoms with Crippen molar-refractivity contribution >= 4 is 27.3 Å². The number of halogens is 2. The fourth-order valence-electron chi connectivity index (χ4n) is 2.54. The van der Waals surface area contributed by atoms with Gasteiger partial charge in [-0.1, -0.05) is 47.5 Å². The Kier molecular flexibility index (Phi) is 5.30. The normalized spacial score (nSPS) is 11.3. The number of benzene rings is 3. The highest BCUT2D eigenvalue weighted by atomic mass is 35.5. The van der Waals surface area contributed by atoms with Crippen molar-refractivity contribution in [3.63, 3.8) is 0 Å². The Bertz CT molecular complexity index is 1000. The molecular weight excluding hydrogens is 373 g/mol. The number of anilines is 1. The van der Waals surface area contributed by atoms with Crippen molar-refractivity contribution in [3.05, 3.63) is 94.8 Å². The van der Waals surface area contributed by atoms with Gasteiger partial charge in [0.05, 0.1) is 17.1 Å². The summed E-state index contributed by atoms with van der Waals surface area (Å²) in [4.78, 5) is 0.185. The van der Waals surface area contributed by atoms with Crippen LogP contribution in [0.1, 0.15) is 11.1 Å². The van der Waals surface area contributed by atoms with E-state index >= 15 is 0 Å². The second-order valence-corrected chi connectivity index (χ2v) is 8.23. The first-order chi connectivity index (χ1) is 12.4. The number of rotatable bonds is 5. The van der Waals surface area contributed by atoms with Gasteiger partial charge in [0.1, 0.15) is 5.82 Å². The summed E-state index contributed by atoms with van der Waals surface area (Å²) >= 11 is 6.06. The van der Waals surface area contributed by atoms with Gasteiger partial charge in [0, 0.05) is 5.02 Å². The van der Waals surface area contributed by atoms with E-state index in [1.54, 1.807) is 60.7 Å². The smallest absolute Gasteiger partial charge is 0.262 e. The second kappa shape index (κ2) is 7.48. The van der Waals surface area contributed by atoms with Gasteiger partial charge in [0.15, 0.2) is 0 Å². The maximum absolute atomic E-state index is 13.2. The lowest BCUT2D eigenvalue weighted by atomic mass is 10.2. The van der Waals surface area contributed by atoms with Crippen LogP contribution in [-0.4, -0.2) is 8.42 Å². The van der Waals surface area contributed by atoms with Crippen LogP contribution < -0.4 is 4.31 Å². The molecule has 0 aliphatic heterocycles. The summed E-state index contributed by atoms with van der Waals surface area (Å²) in [5.41, 5.74) is 2.08. The fourth-order valence-corrected chi connectivity index (χ4v) is 4.17. The van der Waals surface area contributed by atoms with Gasteiger partial charge in [-0.05, 0) is 55.0 Å². The van der Waals surface area contributed by atoms with Crippen molar-refractivity contribution in [1.82, 2.24) is 0 Å². The van der Waals surface area contributed by atoms with E-state index in [1.807, 2.05) is 6.92 Å². The van der Waals surface area contributed by atoms with Crippen LogP contribution in [0.25, 0.3) is 0 Å². The zero-order valence-corrected chi connectivity index (χ0v) is 15.6. The van der Waals surface area contributed by atoms with Crippen LogP contribution >= 0.6 is 11.6 Å². The van der Waals surface area contributed by atoms with E-state index in [1.165, 1.54) is 16.4 Å². The molecule has 0 bridgehead atoms. The van der Waals surface area contributed by atoms with Gasteiger partial charge in [-0.25, -0.2) is 12.8 Å². The lowest BCUT2D eigenvalue weighted by molar-refractivity contribution is 0.590. The zero-order valence-electron chi connectivity index (χ0n) is 14.1. The van der Waals surface area contributed by atoms with E-state index in [9.17, 15) is 12.8 Å². The Labute approximate surface area is 157 Å². The Hall–Kier alpha value is -2.37. The lowest BCUT2D eigenvalue weighted by Crippen LogP contribution is -2.30. The molecule has 3 aromatic carbocycles. The van der Waals surface area contributed by atoms with E-state index < -0.39 is 10.0 Å². The SMILES string of the molecule is Cc1ccc(S(=O)(=O)N(Cc2ccc(F)cc2)c2cccc(Cl)c2)cc1. The third-order valence-electron chi connectivity index (χ3n) is 3.94. The summed E-state index contributed by atoms with van der Waals surface area (Å²) in [6.07, 6.45) is 0. The molecule has 0 aliphatic carbocycles. The highest BCUT2D eigenvalue weighted by molar-refractivity contribution is 7.92. The van der Waals surface area contributed by atoms with Gasteiger partial charge < -0.3 is 0 Å². The van der Waals surface area contributed by atoms with Crippen LogP contribution in [0.5, 0.6) is 0 Å². The summed E-state index contributed by atoms with van der Waals surface area (Å²) in [5.74, 6) is -0.371. The lowest BCUT2D eigenvalue weighted by Gasteiger charge is -2.25. The fraction of sp³-hybridized carbons (Fsp3) is 0.100. The number of nitrogens with zero attached hydrogens (tertiary/aromatic N) is 1. The number of hydrogen-bond acceptors (Lipinski definition) is 2. The molecule has 0 radical (unpaired) electrons. The first-order valence-electron chi connectivity index (χ1n) is 7.96. The van der Waals surface area contributed by atoms with Gasteiger partial charge in [-0.2, -0.15) is 0 Å². The Morgan fingerprint density at radius 3 is 2.23 bits per heavy atom.